The largest absolute Gasteiger partial charge is 0.399 e. The van der Waals surface area contributed by atoms with Crippen LogP contribution in [0.25, 0.3) is 0 Å². The minimum absolute atomic E-state index is 0.110. The highest BCUT2D eigenvalue weighted by Crippen LogP contribution is 2.28. The van der Waals surface area contributed by atoms with Gasteiger partial charge in [0, 0.05) is 12.2 Å². The average molecular weight is 296 g/mol. The molecule has 1 aliphatic rings. The number of sulfonamides is 1. The van der Waals surface area contributed by atoms with E-state index in [-0.39, 0.29) is 4.90 Å². The monoisotopic (exact) mass is 296 g/mol. The summed E-state index contributed by atoms with van der Waals surface area (Å²) in [5, 5.41) is 8.92. The van der Waals surface area contributed by atoms with Gasteiger partial charge in [0.1, 0.15) is 4.90 Å². The molecule has 0 saturated carbocycles. The van der Waals surface area contributed by atoms with Gasteiger partial charge in [0.05, 0.1) is 24.9 Å². The van der Waals surface area contributed by atoms with Gasteiger partial charge in [0.15, 0.2) is 6.10 Å². The normalized spacial score (nSPS) is 19.6. The second-order valence-corrected chi connectivity index (χ2v) is 6.22. The fourth-order valence-electron chi connectivity index (χ4n) is 2.06. The van der Waals surface area contributed by atoms with Crippen molar-refractivity contribution in [3.63, 3.8) is 0 Å². The van der Waals surface area contributed by atoms with Crippen molar-refractivity contribution in [2.45, 2.75) is 11.0 Å². The number of nitrogens with two attached hydrogens (primary N) is 1. The number of hydrogen-bond acceptors (Lipinski definition) is 6. The summed E-state index contributed by atoms with van der Waals surface area (Å²) in [4.78, 5) is 1.93. The number of anilines is 2. The molecule has 108 valence electrons. The lowest BCUT2D eigenvalue weighted by Gasteiger charge is -2.32. The Labute approximate surface area is 118 Å². The van der Waals surface area contributed by atoms with Crippen LogP contribution in [-0.4, -0.2) is 41.3 Å². The molecule has 8 heteroatoms. The van der Waals surface area contributed by atoms with Crippen LogP contribution < -0.4 is 15.4 Å². The quantitative estimate of drug-likeness (QED) is 0.754. The van der Waals surface area contributed by atoms with Crippen LogP contribution in [0.4, 0.5) is 11.4 Å². The molecule has 1 saturated heterocycles. The zero-order chi connectivity index (χ0) is 14.8. The third-order valence-electron chi connectivity index (χ3n) is 3.09. The van der Waals surface area contributed by atoms with E-state index in [2.05, 4.69) is 4.72 Å². The van der Waals surface area contributed by atoms with Gasteiger partial charge in [-0.05, 0) is 25.2 Å². The molecule has 0 bridgehead atoms. The first-order valence-electron chi connectivity index (χ1n) is 6.07. The number of nitrogen functional groups attached to an aromatic ring is 1. The number of nitrogens with zero attached hydrogens (tertiary/aromatic N) is 2. The Morgan fingerprint density at radius 2 is 2.30 bits per heavy atom. The molecule has 1 heterocycles. The van der Waals surface area contributed by atoms with E-state index in [1.54, 1.807) is 12.1 Å². The van der Waals surface area contributed by atoms with Gasteiger partial charge < -0.3 is 15.4 Å². The van der Waals surface area contributed by atoms with E-state index in [1.165, 1.54) is 13.1 Å². The Balaban J connectivity index is 2.44. The average Bonchev–Trinajstić information content (AvgIpc) is 2.47. The number of morpholine rings is 1. The SMILES string of the molecule is CNS(=O)(=O)c1cc(N)ccc1N1CCOC(C#N)C1. The molecule has 1 atom stereocenters. The second kappa shape index (κ2) is 5.66. The van der Waals surface area contributed by atoms with E-state index in [0.29, 0.717) is 31.1 Å². The number of hydrogen-bond donors (Lipinski definition) is 2. The smallest absolute Gasteiger partial charge is 0.242 e. The Bertz CT molecular complexity index is 639. The van der Waals surface area contributed by atoms with Gasteiger partial charge in [-0.3, -0.25) is 0 Å². The first kappa shape index (κ1) is 14.6. The lowest BCUT2D eigenvalue weighted by atomic mass is 10.2. The summed E-state index contributed by atoms with van der Waals surface area (Å²) in [6, 6.07) is 6.74. The zero-order valence-corrected chi connectivity index (χ0v) is 11.9. The molecule has 0 aliphatic carbocycles. The number of benzene rings is 1. The number of ether oxygens (including phenoxy) is 1. The van der Waals surface area contributed by atoms with Crippen LogP contribution in [0.2, 0.25) is 0 Å². The molecule has 7 nitrogen and oxygen atoms in total. The summed E-state index contributed by atoms with van der Waals surface area (Å²) in [5.74, 6) is 0. The molecule has 1 aromatic carbocycles. The molecule has 0 amide bonds. The van der Waals surface area contributed by atoms with Crippen molar-refractivity contribution < 1.29 is 13.2 Å². The maximum absolute atomic E-state index is 12.1. The first-order chi connectivity index (χ1) is 9.47. The molecular formula is C12H16N4O3S. The van der Waals surface area contributed by atoms with E-state index >= 15 is 0 Å². The van der Waals surface area contributed by atoms with Gasteiger partial charge in [-0.15, -0.1) is 0 Å². The lowest BCUT2D eigenvalue weighted by molar-refractivity contribution is 0.0762. The van der Waals surface area contributed by atoms with Crippen LogP contribution in [0, 0.1) is 11.3 Å². The summed E-state index contributed by atoms with van der Waals surface area (Å²) < 4.78 is 31.7. The molecule has 3 N–H and O–H groups in total. The van der Waals surface area contributed by atoms with Gasteiger partial charge in [0.25, 0.3) is 0 Å². The Kier molecular flexibility index (Phi) is 4.13. The molecule has 1 aliphatic heterocycles. The van der Waals surface area contributed by atoms with Crippen molar-refractivity contribution in [1.82, 2.24) is 4.72 Å². The van der Waals surface area contributed by atoms with Crippen LogP contribution >= 0.6 is 0 Å². The third-order valence-corrected chi connectivity index (χ3v) is 4.54. The van der Waals surface area contributed by atoms with E-state index in [9.17, 15) is 8.42 Å². The molecule has 20 heavy (non-hydrogen) atoms. The molecular weight excluding hydrogens is 280 g/mol. The van der Waals surface area contributed by atoms with Crippen LogP contribution in [-0.2, 0) is 14.8 Å². The first-order valence-corrected chi connectivity index (χ1v) is 7.55. The molecule has 2 rings (SSSR count). The van der Waals surface area contributed by atoms with Crippen molar-refractivity contribution in [3.05, 3.63) is 18.2 Å². The number of nitriles is 1. The topological polar surface area (TPSA) is 108 Å². The molecule has 0 radical (unpaired) electrons. The lowest BCUT2D eigenvalue weighted by Crippen LogP contribution is -2.42. The predicted octanol–water partition coefficient (Wildman–Crippen LogP) is -0.0943. The minimum Gasteiger partial charge on any atom is -0.399 e. The summed E-state index contributed by atoms with van der Waals surface area (Å²) >= 11 is 0. The molecule has 1 aromatic rings. The summed E-state index contributed by atoms with van der Waals surface area (Å²) in [5.41, 5.74) is 6.57. The second-order valence-electron chi connectivity index (χ2n) is 4.37. The number of rotatable bonds is 3. The van der Waals surface area contributed by atoms with Crippen molar-refractivity contribution in [2.75, 3.05) is 37.4 Å². The highest BCUT2D eigenvalue weighted by Gasteiger charge is 2.26. The van der Waals surface area contributed by atoms with Crippen LogP contribution in [0.1, 0.15) is 0 Å². The fourth-order valence-corrected chi connectivity index (χ4v) is 3.05. The maximum atomic E-state index is 12.1. The van der Waals surface area contributed by atoms with Crippen LogP contribution in [0.5, 0.6) is 0 Å². The molecule has 1 unspecified atom stereocenters. The van der Waals surface area contributed by atoms with Crippen molar-refractivity contribution in [3.8, 4) is 6.07 Å². The number of nitrogens with one attached hydrogen (secondary N) is 1. The fraction of sp³-hybridized carbons (Fsp3) is 0.417. The third kappa shape index (κ3) is 2.85. The van der Waals surface area contributed by atoms with Gasteiger partial charge in [0.2, 0.25) is 10.0 Å². The van der Waals surface area contributed by atoms with Crippen LogP contribution in [0.3, 0.4) is 0 Å². The molecule has 0 aromatic heterocycles. The van der Waals surface area contributed by atoms with Crippen molar-refractivity contribution in [2.24, 2.45) is 0 Å². The van der Waals surface area contributed by atoms with E-state index in [1.807, 2.05) is 11.0 Å². The van der Waals surface area contributed by atoms with Gasteiger partial charge in [-0.25, -0.2) is 13.1 Å². The minimum atomic E-state index is -3.62. The summed E-state index contributed by atoms with van der Waals surface area (Å²) in [6.07, 6.45) is -0.563. The molecule has 1 fully saturated rings. The van der Waals surface area contributed by atoms with E-state index in [0.717, 1.165) is 0 Å². The predicted molar refractivity (Wildman–Crippen MR) is 74.7 cm³/mol. The Hall–Kier alpha value is -1.82. The highest BCUT2D eigenvalue weighted by molar-refractivity contribution is 7.89. The summed E-state index contributed by atoms with van der Waals surface area (Å²) in [7, 11) is -2.27. The Morgan fingerprint density at radius 1 is 1.55 bits per heavy atom. The van der Waals surface area contributed by atoms with E-state index < -0.39 is 16.1 Å². The van der Waals surface area contributed by atoms with Gasteiger partial charge in [-0.1, -0.05) is 0 Å². The maximum Gasteiger partial charge on any atom is 0.242 e. The standard InChI is InChI=1S/C12H16N4O3S/c1-15-20(17,18)12-6-9(14)2-3-11(12)16-4-5-19-10(7-13)8-16/h2-3,6,10,15H,4-5,8,14H2,1H3. The van der Waals surface area contributed by atoms with E-state index in [4.69, 9.17) is 15.7 Å². The highest BCUT2D eigenvalue weighted by atomic mass is 32.2. The van der Waals surface area contributed by atoms with Gasteiger partial charge in [-0.2, -0.15) is 5.26 Å². The zero-order valence-electron chi connectivity index (χ0n) is 11.0. The molecule has 0 spiro atoms. The Morgan fingerprint density at radius 3 is 2.95 bits per heavy atom. The van der Waals surface area contributed by atoms with Crippen LogP contribution in [0.15, 0.2) is 23.1 Å². The summed E-state index contributed by atoms with van der Waals surface area (Å²) in [6.45, 7) is 1.22. The van der Waals surface area contributed by atoms with Crippen molar-refractivity contribution in [1.29, 1.82) is 5.26 Å². The van der Waals surface area contributed by atoms with Gasteiger partial charge >= 0.3 is 0 Å². The van der Waals surface area contributed by atoms with Crippen molar-refractivity contribution >= 4 is 21.4 Å².